The summed E-state index contributed by atoms with van der Waals surface area (Å²) in [5.41, 5.74) is 0.781. The third kappa shape index (κ3) is 1.62. The number of halogens is 1. The second-order valence-electron chi connectivity index (χ2n) is 3.42. The van der Waals surface area contributed by atoms with E-state index in [0.29, 0.717) is 22.8 Å². The van der Waals surface area contributed by atoms with Crippen molar-refractivity contribution in [1.82, 2.24) is 20.2 Å². The van der Waals surface area contributed by atoms with Gasteiger partial charge in [0.2, 0.25) is 0 Å². The Hall–Kier alpha value is -1.98. The molecule has 0 atom stereocenters. The normalized spacial score (nSPS) is 10.5. The molecule has 0 N–H and O–H groups in total. The average molecular weight is 222 g/mol. The van der Waals surface area contributed by atoms with Gasteiger partial charge in [-0.3, -0.25) is 0 Å². The van der Waals surface area contributed by atoms with Gasteiger partial charge in [-0.1, -0.05) is 0 Å². The fourth-order valence-electron chi connectivity index (χ4n) is 1.44. The van der Waals surface area contributed by atoms with Crippen LogP contribution in [-0.4, -0.2) is 27.3 Å². The Labute approximate surface area is 91.8 Å². The molecule has 0 aliphatic heterocycles. The molecule has 16 heavy (non-hydrogen) atoms. The third-order valence-electron chi connectivity index (χ3n) is 2.30. The van der Waals surface area contributed by atoms with Gasteiger partial charge in [0.15, 0.2) is 11.6 Å². The van der Waals surface area contributed by atoms with Gasteiger partial charge in [-0.05, 0) is 35.9 Å². The molecule has 0 saturated heterocycles. The van der Waals surface area contributed by atoms with Crippen molar-refractivity contribution in [3.8, 4) is 11.4 Å². The number of tetrazole rings is 1. The molecule has 0 aliphatic rings. The molecule has 0 saturated carbocycles. The molecule has 1 aromatic heterocycles. The molecule has 2 aromatic rings. The van der Waals surface area contributed by atoms with Gasteiger partial charge in [-0.2, -0.15) is 4.68 Å². The highest BCUT2D eigenvalue weighted by atomic mass is 19.1. The summed E-state index contributed by atoms with van der Waals surface area (Å²) in [4.78, 5) is 0. The minimum Gasteiger partial charge on any atom is -0.497 e. The fourth-order valence-corrected chi connectivity index (χ4v) is 1.44. The fraction of sp³-hybridized carbons (Fsp3) is 0.300. The van der Waals surface area contributed by atoms with E-state index in [2.05, 4.69) is 15.5 Å². The number of aryl methyl sites for hydroxylation is 2. The van der Waals surface area contributed by atoms with Gasteiger partial charge in [-0.25, -0.2) is 4.39 Å². The summed E-state index contributed by atoms with van der Waals surface area (Å²) in [7, 11) is 1.53. The van der Waals surface area contributed by atoms with Crippen LogP contribution in [0.5, 0.6) is 5.75 Å². The van der Waals surface area contributed by atoms with E-state index in [9.17, 15) is 4.39 Å². The number of benzene rings is 1. The first kappa shape index (κ1) is 10.5. The van der Waals surface area contributed by atoms with Crippen LogP contribution in [0, 0.1) is 19.7 Å². The van der Waals surface area contributed by atoms with E-state index in [4.69, 9.17) is 4.74 Å². The van der Waals surface area contributed by atoms with Crippen LogP contribution < -0.4 is 4.74 Å². The van der Waals surface area contributed by atoms with Crippen molar-refractivity contribution in [2.24, 2.45) is 0 Å². The lowest BCUT2D eigenvalue weighted by Crippen LogP contribution is -2.04. The maximum absolute atomic E-state index is 13.9. The molecule has 1 heterocycles. The Bertz CT molecular complexity index is 524. The van der Waals surface area contributed by atoms with E-state index in [1.54, 1.807) is 26.0 Å². The van der Waals surface area contributed by atoms with E-state index in [-0.39, 0.29) is 5.82 Å². The van der Waals surface area contributed by atoms with Gasteiger partial charge in [0.25, 0.3) is 0 Å². The molecule has 0 amide bonds. The highest BCUT2D eigenvalue weighted by Gasteiger charge is 2.13. The standard InChI is InChI=1S/C10H11FN4O/c1-6-4-8(16-3)5-9(10(6)11)15-7(2)12-13-14-15/h4-5H,1-3H3. The molecule has 0 unspecified atom stereocenters. The number of hydrogen-bond donors (Lipinski definition) is 0. The maximum Gasteiger partial charge on any atom is 0.153 e. The zero-order valence-electron chi connectivity index (χ0n) is 9.23. The number of ether oxygens (including phenoxy) is 1. The van der Waals surface area contributed by atoms with Crippen LogP contribution in [-0.2, 0) is 0 Å². The molecule has 0 aliphatic carbocycles. The van der Waals surface area contributed by atoms with Gasteiger partial charge in [0, 0.05) is 6.07 Å². The number of hydrogen-bond acceptors (Lipinski definition) is 4. The number of nitrogens with zero attached hydrogens (tertiary/aromatic N) is 4. The number of rotatable bonds is 2. The minimum atomic E-state index is -0.351. The van der Waals surface area contributed by atoms with E-state index in [0.717, 1.165) is 0 Å². The van der Waals surface area contributed by atoms with E-state index in [1.807, 2.05) is 0 Å². The molecule has 0 bridgehead atoms. The molecule has 0 spiro atoms. The van der Waals surface area contributed by atoms with E-state index >= 15 is 0 Å². The van der Waals surface area contributed by atoms with Gasteiger partial charge < -0.3 is 4.74 Å². The van der Waals surface area contributed by atoms with Crippen LogP contribution in [0.1, 0.15) is 11.4 Å². The third-order valence-corrected chi connectivity index (χ3v) is 2.30. The first-order chi connectivity index (χ1) is 7.63. The summed E-state index contributed by atoms with van der Waals surface area (Å²) in [5, 5.41) is 10.9. The zero-order chi connectivity index (χ0) is 11.7. The molecule has 1 aromatic carbocycles. The summed E-state index contributed by atoms with van der Waals surface area (Å²) in [5.74, 6) is 0.742. The predicted octanol–water partition coefficient (Wildman–Crippen LogP) is 1.43. The lowest BCUT2D eigenvalue weighted by atomic mass is 10.2. The molecular weight excluding hydrogens is 211 g/mol. The summed E-state index contributed by atoms with van der Waals surface area (Å²) in [6, 6.07) is 3.18. The highest BCUT2D eigenvalue weighted by molar-refractivity contribution is 5.44. The van der Waals surface area contributed by atoms with Crippen LogP contribution >= 0.6 is 0 Å². The van der Waals surface area contributed by atoms with Crippen LogP contribution in [0.15, 0.2) is 12.1 Å². The second-order valence-corrected chi connectivity index (χ2v) is 3.42. The quantitative estimate of drug-likeness (QED) is 0.771. The molecule has 0 fully saturated rings. The zero-order valence-corrected chi connectivity index (χ0v) is 9.23. The Morgan fingerprint density at radius 1 is 1.31 bits per heavy atom. The molecule has 0 radical (unpaired) electrons. The monoisotopic (exact) mass is 222 g/mol. The Morgan fingerprint density at radius 3 is 2.62 bits per heavy atom. The summed E-state index contributed by atoms with van der Waals surface area (Å²) in [6.45, 7) is 3.37. The van der Waals surface area contributed by atoms with Crippen LogP contribution in [0.4, 0.5) is 4.39 Å². The first-order valence-corrected chi connectivity index (χ1v) is 4.73. The molecule has 84 valence electrons. The van der Waals surface area contributed by atoms with Gasteiger partial charge in [0.1, 0.15) is 11.4 Å². The topological polar surface area (TPSA) is 52.8 Å². The van der Waals surface area contributed by atoms with Gasteiger partial charge >= 0.3 is 0 Å². The smallest absolute Gasteiger partial charge is 0.153 e. The van der Waals surface area contributed by atoms with Crippen molar-refractivity contribution in [2.45, 2.75) is 13.8 Å². The van der Waals surface area contributed by atoms with E-state index < -0.39 is 0 Å². The van der Waals surface area contributed by atoms with Crippen molar-refractivity contribution in [3.63, 3.8) is 0 Å². The van der Waals surface area contributed by atoms with Crippen molar-refractivity contribution in [2.75, 3.05) is 7.11 Å². The van der Waals surface area contributed by atoms with Crippen molar-refractivity contribution >= 4 is 0 Å². The van der Waals surface area contributed by atoms with Crippen LogP contribution in [0.25, 0.3) is 5.69 Å². The first-order valence-electron chi connectivity index (χ1n) is 4.73. The lowest BCUT2D eigenvalue weighted by Gasteiger charge is -2.08. The van der Waals surface area contributed by atoms with Gasteiger partial charge in [-0.15, -0.1) is 5.10 Å². The Kier molecular flexibility index (Phi) is 2.55. The maximum atomic E-state index is 13.9. The molecular formula is C10H11FN4O. The molecule has 6 heteroatoms. The van der Waals surface area contributed by atoms with Crippen LogP contribution in [0.3, 0.4) is 0 Å². The number of aromatic nitrogens is 4. The van der Waals surface area contributed by atoms with Crippen molar-refractivity contribution in [1.29, 1.82) is 0 Å². The van der Waals surface area contributed by atoms with Crippen molar-refractivity contribution < 1.29 is 9.13 Å². The summed E-state index contributed by atoms with van der Waals surface area (Å²) < 4.78 is 20.3. The van der Waals surface area contributed by atoms with Gasteiger partial charge in [0.05, 0.1) is 7.11 Å². The highest BCUT2D eigenvalue weighted by Crippen LogP contribution is 2.23. The molecule has 2 rings (SSSR count). The predicted molar refractivity (Wildman–Crippen MR) is 55.1 cm³/mol. The SMILES string of the molecule is COc1cc(C)c(F)c(-n2nnnc2C)c1. The summed E-state index contributed by atoms with van der Waals surface area (Å²) in [6.07, 6.45) is 0. The van der Waals surface area contributed by atoms with Crippen molar-refractivity contribution in [3.05, 3.63) is 29.3 Å². The Balaban J connectivity index is 2.64. The largest absolute Gasteiger partial charge is 0.497 e. The summed E-state index contributed by atoms with van der Waals surface area (Å²) >= 11 is 0. The van der Waals surface area contributed by atoms with Crippen LogP contribution in [0.2, 0.25) is 0 Å². The second kappa shape index (κ2) is 3.88. The number of methoxy groups -OCH3 is 1. The minimum absolute atomic E-state index is 0.291. The lowest BCUT2D eigenvalue weighted by molar-refractivity contribution is 0.412. The molecule has 5 nitrogen and oxygen atoms in total. The Morgan fingerprint density at radius 2 is 2.06 bits per heavy atom. The average Bonchev–Trinajstić information content (AvgIpc) is 2.68. The van der Waals surface area contributed by atoms with E-state index in [1.165, 1.54) is 11.8 Å².